The molecule has 2 rings (SSSR count). The van der Waals surface area contributed by atoms with E-state index < -0.39 is 11.1 Å². The second-order valence-electron chi connectivity index (χ2n) is 4.54. The van der Waals surface area contributed by atoms with Crippen LogP contribution in [0.3, 0.4) is 0 Å². The number of rotatable bonds is 5. The van der Waals surface area contributed by atoms with Crippen molar-refractivity contribution in [1.82, 2.24) is 15.0 Å². The highest BCUT2D eigenvalue weighted by molar-refractivity contribution is 7.99. The summed E-state index contributed by atoms with van der Waals surface area (Å²) in [6.45, 7) is 1.72. The predicted octanol–water partition coefficient (Wildman–Crippen LogP) is 2.09. The molecule has 0 radical (unpaired) electrons. The van der Waals surface area contributed by atoms with E-state index in [0.717, 1.165) is 0 Å². The van der Waals surface area contributed by atoms with Crippen LogP contribution in [0.1, 0.15) is 12.7 Å². The Bertz CT molecular complexity index is 711. The molecule has 0 aliphatic heterocycles. The lowest BCUT2D eigenvalue weighted by Crippen LogP contribution is -2.22. The van der Waals surface area contributed by atoms with Crippen LogP contribution in [0, 0.1) is 5.82 Å². The Labute approximate surface area is 141 Å². The largest absolute Gasteiger partial charge is 0.368 e. The van der Waals surface area contributed by atoms with Gasteiger partial charge in [0.2, 0.25) is 17.8 Å². The first-order valence-electron chi connectivity index (χ1n) is 6.48. The van der Waals surface area contributed by atoms with Gasteiger partial charge in [0.15, 0.2) is 0 Å². The fraction of sp³-hybridized carbons (Fsp3) is 0.231. The van der Waals surface area contributed by atoms with Crippen LogP contribution < -0.4 is 16.8 Å². The van der Waals surface area contributed by atoms with E-state index >= 15 is 0 Å². The van der Waals surface area contributed by atoms with Gasteiger partial charge in [-0.3, -0.25) is 4.79 Å². The molecular weight excluding hydrogens is 343 g/mol. The molecule has 0 unspecified atom stereocenters. The number of nitrogens with two attached hydrogens (primary N) is 2. The van der Waals surface area contributed by atoms with Gasteiger partial charge in [-0.15, -0.1) is 11.8 Å². The molecule has 0 saturated carbocycles. The summed E-state index contributed by atoms with van der Waals surface area (Å²) in [5, 5.41) is 2.19. The first-order valence-corrected chi connectivity index (χ1v) is 7.91. The Morgan fingerprint density at radius 3 is 2.61 bits per heavy atom. The van der Waals surface area contributed by atoms with Gasteiger partial charge in [-0.05, 0) is 25.1 Å². The van der Waals surface area contributed by atoms with Crippen LogP contribution in [0.5, 0.6) is 0 Å². The van der Waals surface area contributed by atoms with Crippen molar-refractivity contribution in [2.24, 2.45) is 0 Å². The number of amides is 1. The Morgan fingerprint density at radius 1 is 1.35 bits per heavy atom. The number of aromatic nitrogens is 3. The van der Waals surface area contributed by atoms with Crippen LogP contribution >= 0.6 is 23.4 Å². The Morgan fingerprint density at radius 2 is 2.00 bits per heavy atom. The lowest BCUT2D eigenvalue weighted by molar-refractivity contribution is -0.115. The molecule has 1 amide bonds. The van der Waals surface area contributed by atoms with Crippen molar-refractivity contribution in [3.63, 3.8) is 0 Å². The predicted molar refractivity (Wildman–Crippen MR) is 89.4 cm³/mol. The summed E-state index contributed by atoms with van der Waals surface area (Å²) >= 11 is 6.97. The van der Waals surface area contributed by atoms with E-state index in [4.69, 9.17) is 23.1 Å². The molecule has 0 aliphatic rings. The number of hydrogen-bond donors (Lipinski definition) is 3. The zero-order valence-electron chi connectivity index (χ0n) is 12.1. The quantitative estimate of drug-likeness (QED) is 0.750. The average molecular weight is 357 g/mol. The van der Waals surface area contributed by atoms with Gasteiger partial charge in [-0.1, -0.05) is 11.6 Å². The maximum absolute atomic E-state index is 13.1. The number of nitrogens with one attached hydrogen (secondary N) is 1. The third kappa shape index (κ3) is 4.93. The van der Waals surface area contributed by atoms with E-state index in [-0.39, 0.29) is 22.8 Å². The normalized spacial score (nSPS) is 12.0. The number of anilines is 3. The molecular formula is C13H14ClFN6OS. The summed E-state index contributed by atoms with van der Waals surface area (Å²) < 4.78 is 13.1. The van der Waals surface area contributed by atoms with Crippen molar-refractivity contribution in [2.45, 2.75) is 17.9 Å². The smallest absolute Gasteiger partial charge is 0.237 e. The zero-order chi connectivity index (χ0) is 17.0. The molecule has 2 aromatic rings. The summed E-state index contributed by atoms with van der Waals surface area (Å²) in [5.41, 5.74) is 11.4. The number of thioether (sulfide) groups is 1. The van der Waals surface area contributed by atoms with Crippen LogP contribution in [0.4, 0.5) is 22.0 Å². The maximum Gasteiger partial charge on any atom is 0.237 e. The van der Waals surface area contributed by atoms with Crippen molar-refractivity contribution < 1.29 is 9.18 Å². The second-order valence-corrected chi connectivity index (χ2v) is 6.28. The number of benzene rings is 1. The van der Waals surface area contributed by atoms with Crippen LogP contribution in [-0.2, 0) is 10.5 Å². The van der Waals surface area contributed by atoms with Gasteiger partial charge in [0.05, 0.1) is 16.0 Å². The first kappa shape index (κ1) is 17.2. The number of carbonyl (C=O) groups is 1. The molecule has 0 saturated heterocycles. The zero-order valence-corrected chi connectivity index (χ0v) is 13.7. The van der Waals surface area contributed by atoms with Crippen molar-refractivity contribution in [3.8, 4) is 0 Å². The molecule has 0 aliphatic carbocycles. The molecule has 1 aromatic carbocycles. The first-order chi connectivity index (χ1) is 10.8. The summed E-state index contributed by atoms with van der Waals surface area (Å²) in [4.78, 5) is 23.6. The molecule has 5 N–H and O–H groups in total. The van der Waals surface area contributed by atoms with Crippen molar-refractivity contribution in [1.29, 1.82) is 0 Å². The lowest BCUT2D eigenvalue weighted by Gasteiger charge is -2.12. The third-order valence-corrected chi connectivity index (χ3v) is 4.16. The molecule has 23 heavy (non-hydrogen) atoms. The average Bonchev–Trinajstić information content (AvgIpc) is 2.47. The van der Waals surface area contributed by atoms with E-state index in [1.165, 1.54) is 30.0 Å². The van der Waals surface area contributed by atoms with Crippen LogP contribution in [0.25, 0.3) is 0 Å². The van der Waals surface area contributed by atoms with E-state index in [0.29, 0.717) is 17.3 Å². The number of nitrogen functional groups attached to an aromatic ring is 2. The van der Waals surface area contributed by atoms with E-state index in [2.05, 4.69) is 20.3 Å². The van der Waals surface area contributed by atoms with Crippen LogP contribution in [0.2, 0.25) is 5.02 Å². The molecule has 7 nitrogen and oxygen atoms in total. The number of carbonyl (C=O) groups excluding carboxylic acids is 1. The molecule has 1 atom stereocenters. The fourth-order valence-electron chi connectivity index (χ4n) is 1.61. The Hall–Kier alpha value is -2.13. The van der Waals surface area contributed by atoms with Crippen molar-refractivity contribution in [3.05, 3.63) is 34.9 Å². The van der Waals surface area contributed by atoms with Gasteiger partial charge >= 0.3 is 0 Å². The van der Waals surface area contributed by atoms with E-state index in [1.54, 1.807) is 6.92 Å². The Kier molecular flexibility index (Phi) is 5.56. The van der Waals surface area contributed by atoms with Gasteiger partial charge in [0.25, 0.3) is 0 Å². The molecule has 0 spiro atoms. The highest BCUT2D eigenvalue weighted by Gasteiger charge is 2.15. The molecule has 0 bridgehead atoms. The monoisotopic (exact) mass is 356 g/mol. The number of nitrogens with zero attached hydrogens (tertiary/aromatic N) is 3. The SMILES string of the molecule is C[C@@H](SCc1nc(N)nc(N)n1)C(=O)Nc1ccc(F)c(Cl)c1. The minimum absolute atomic E-state index is 0.0335. The van der Waals surface area contributed by atoms with Gasteiger partial charge in [0, 0.05) is 5.69 Å². The van der Waals surface area contributed by atoms with Crippen LogP contribution in [0.15, 0.2) is 18.2 Å². The summed E-state index contributed by atoms with van der Waals surface area (Å²) in [6.07, 6.45) is 0. The standard InChI is InChI=1S/C13H14ClFN6OS/c1-6(23-5-10-19-12(16)21-13(17)20-10)11(22)18-7-2-3-9(15)8(14)4-7/h2-4,6H,5H2,1H3,(H,18,22)(H4,16,17,19,20,21)/t6-/m1/s1. The minimum atomic E-state index is -0.544. The van der Waals surface area contributed by atoms with E-state index in [1.807, 2.05) is 0 Å². The fourth-order valence-corrected chi connectivity index (χ4v) is 2.53. The molecule has 0 fully saturated rings. The van der Waals surface area contributed by atoms with Gasteiger partial charge < -0.3 is 16.8 Å². The maximum atomic E-state index is 13.1. The lowest BCUT2D eigenvalue weighted by atomic mass is 10.3. The van der Waals surface area contributed by atoms with Crippen molar-refractivity contribution in [2.75, 3.05) is 16.8 Å². The molecule has 1 heterocycles. The second kappa shape index (κ2) is 7.42. The minimum Gasteiger partial charge on any atom is -0.368 e. The summed E-state index contributed by atoms with van der Waals surface area (Å²) in [7, 11) is 0. The Balaban J connectivity index is 1.93. The summed E-state index contributed by atoms with van der Waals surface area (Å²) in [5.74, 6) is 0.00180. The van der Waals surface area contributed by atoms with E-state index in [9.17, 15) is 9.18 Å². The third-order valence-electron chi connectivity index (χ3n) is 2.74. The molecule has 10 heteroatoms. The highest BCUT2D eigenvalue weighted by atomic mass is 35.5. The number of hydrogen-bond acceptors (Lipinski definition) is 7. The van der Waals surface area contributed by atoms with Gasteiger partial charge in [-0.2, -0.15) is 15.0 Å². The molecule has 122 valence electrons. The van der Waals surface area contributed by atoms with Gasteiger partial charge in [-0.25, -0.2) is 4.39 Å². The topological polar surface area (TPSA) is 120 Å². The van der Waals surface area contributed by atoms with Crippen molar-refractivity contribution >= 4 is 46.9 Å². The highest BCUT2D eigenvalue weighted by Crippen LogP contribution is 2.21. The van der Waals surface area contributed by atoms with Gasteiger partial charge in [0.1, 0.15) is 11.6 Å². The number of halogens is 2. The summed E-state index contributed by atoms with van der Waals surface area (Å²) in [6, 6.07) is 3.97. The van der Waals surface area contributed by atoms with Crippen LogP contribution in [-0.4, -0.2) is 26.1 Å². The molecule has 1 aromatic heterocycles.